The highest BCUT2D eigenvalue weighted by Crippen LogP contribution is 2.61. The first-order valence-electron chi connectivity index (χ1n) is 39.0. The van der Waals surface area contributed by atoms with Crippen molar-refractivity contribution in [2.75, 3.05) is 26.3 Å². The Balaban J connectivity index is 0.000000148. The average molecular weight is 1830 g/mol. The minimum absolute atomic E-state index is 0.0494. The smallest absolute Gasteiger partial charge is 0.403 e. The first-order valence-corrected chi connectivity index (χ1v) is 41.9. The van der Waals surface area contributed by atoms with Gasteiger partial charge in [0.25, 0.3) is 22.2 Å². The van der Waals surface area contributed by atoms with Gasteiger partial charge >= 0.3 is 54.0 Å². The van der Waals surface area contributed by atoms with Crippen LogP contribution in [0.15, 0.2) is 136 Å². The van der Waals surface area contributed by atoms with Crippen molar-refractivity contribution in [1.29, 1.82) is 0 Å². The van der Waals surface area contributed by atoms with Crippen LogP contribution in [0.4, 0.5) is 17.6 Å². The number of para-hydroxylation sites is 4. The summed E-state index contributed by atoms with van der Waals surface area (Å²) in [7, 11) is -17.8. The van der Waals surface area contributed by atoms with Gasteiger partial charge in [0.15, 0.2) is 50.0 Å². The quantitative estimate of drug-likeness (QED) is 0.0271. The number of aliphatic hydroxyl groups excluding tert-OH is 4. The second-order valence-corrected chi connectivity index (χ2v) is 34.2. The van der Waals surface area contributed by atoms with Crippen molar-refractivity contribution in [2.45, 2.75) is 153 Å². The summed E-state index contributed by atoms with van der Waals surface area (Å²) in [4.78, 5) is 146. The fraction of sp³-hybridized carbons (Fsp3) is 0.389. The van der Waals surface area contributed by atoms with Gasteiger partial charge in [-0.25, -0.2) is 55.0 Å². The molecule has 0 saturated carbocycles. The molecule has 4 saturated heterocycles. The van der Waals surface area contributed by atoms with Gasteiger partial charge in [0.2, 0.25) is 23.4 Å². The molecule has 12 heterocycles. The van der Waals surface area contributed by atoms with Crippen LogP contribution in [0.25, 0.3) is 0 Å². The molecule has 0 bridgehead atoms. The number of alkyl halides is 4. The zero-order chi connectivity index (χ0) is 95.0. The van der Waals surface area contributed by atoms with Gasteiger partial charge in [0.1, 0.15) is 73.7 Å². The Bertz CT molecular complexity index is 6610. The number of nitrogens with zero attached hydrogens (tertiary/aromatic N) is 4. The van der Waals surface area contributed by atoms with E-state index in [2.05, 4.69) is 0 Å². The molecule has 8 aromatic rings. The number of phosphoric ester groups is 4. The van der Waals surface area contributed by atoms with Gasteiger partial charge in [0, 0.05) is 72.7 Å². The Hall–Kier alpha value is -10.5. The van der Waals surface area contributed by atoms with E-state index in [0.717, 1.165) is 12.4 Å². The Morgan fingerprint density at radius 3 is 0.976 bits per heavy atom. The minimum atomic E-state index is -4.75. The second-order valence-electron chi connectivity index (χ2n) is 27.9. The molecule has 0 radical (unpaired) electrons. The van der Waals surface area contributed by atoms with Crippen LogP contribution in [0, 0.1) is 27.7 Å². The zero-order valence-corrected chi connectivity index (χ0v) is 67.6. The number of H-pyrrole nitrogens is 4. The number of carbonyl (C=O) groups excluding carboxylic acids is 4. The van der Waals surface area contributed by atoms with Crippen LogP contribution >= 0.6 is 31.3 Å². The zero-order valence-electron chi connectivity index (χ0n) is 70.0. The highest BCUT2D eigenvalue weighted by molar-refractivity contribution is 7.49. The van der Waals surface area contributed by atoms with Crippen molar-refractivity contribution in [3.05, 3.63) is 248 Å². The number of aromatic amines is 4. The predicted molar refractivity (Wildman–Crippen MR) is 406 cm³/mol. The van der Waals surface area contributed by atoms with Crippen LogP contribution in [0.2, 0.25) is 0 Å². The summed E-state index contributed by atoms with van der Waals surface area (Å²) in [5.74, 6) is -11.8. The molecule has 124 heavy (non-hydrogen) atoms. The van der Waals surface area contributed by atoms with E-state index >= 15 is 17.6 Å². The Morgan fingerprint density at radius 1 is 0.403 bits per heavy atom. The van der Waals surface area contributed by atoms with Crippen LogP contribution < -0.4 is 63.1 Å². The van der Waals surface area contributed by atoms with Crippen molar-refractivity contribution in [2.24, 2.45) is 0 Å². The molecule has 8 aliphatic rings. The van der Waals surface area contributed by atoms with Gasteiger partial charge in [-0.3, -0.25) is 113 Å². The highest BCUT2D eigenvalue weighted by atomic mass is 31.2. The van der Waals surface area contributed by atoms with E-state index in [0.29, 0.717) is 76.4 Å². The molecule has 52 heteroatoms. The number of aromatic nitrogens is 8. The molecule has 4 fully saturated rings. The number of aldehydes is 4. The van der Waals surface area contributed by atoms with Crippen LogP contribution in [-0.2, 0) is 99.8 Å². The van der Waals surface area contributed by atoms with Crippen molar-refractivity contribution in [3.8, 4) is 23.0 Å². The lowest BCUT2D eigenvalue weighted by Crippen LogP contribution is -2.37. The number of phosphoric acid groups is 4. The number of aryl methyl sites for hydroxylation is 4. The molecule has 0 spiro atoms. The highest BCUT2D eigenvalue weighted by Gasteiger charge is 2.55. The van der Waals surface area contributed by atoms with Gasteiger partial charge in [0.05, 0.1) is 56.9 Å². The number of nitrogens with one attached hydrogen (secondary N) is 4. The Morgan fingerprint density at radius 2 is 0.653 bits per heavy atom. The first kappa shape index (κ1) is 83.1. The molecule has 0 aliphatic carbocycles. The maximum Gasteiger partial charge on any atom is 0.530 e. The molecule has 4 aromatic carbocycles. The van der Waals surface area contributed by atoms with E-state index in [1.165, 1.54) is 0 Å². The summed E-state index contributed by atoms with van der Waals surface area (Å²) in [5.41, 5.74) is -6.13. The lowest BCUT2D eigenvalue weighted by molar-refractivity contribution is -0.179. The molecule has 664 valence electrons. The van der Waals surface area contributed by atoms with Crippen LogP contribution in [0.1, 0.15) is 145 Å². The number of aliphatic hydroxyl groups is 4. The van der Waals surface area contributed by atoms with Crippen LogP contribution in [0.5, 0.6) is 23.0 Å². The lowest BCUT2D eigenvalue weighted by atomic mass is 10.1. The third kappa shape index (κ3) is 19.9. The van der Waals surface area contributed by atoms with Gasteiger partial charge in [-0.2, -0.15) is 0 Å². The third-order valence-corrected chi connectivity index (χ3v) is 23.7. The summed E-state index contributed by atoms with van der Waals surface area (Å²) in [5, 5.41) is 41.1. The number of halogens is 4. The van der Waals surface area contributed by atoms with E-state index < -0.39 is 223 Å². The number of rotatable bonds is 20. The van der Waals surface area contributed by atoms with Gasteiger partial charge < -0.3 is 57.5 Å². The molecular formula is C72H72F4N8O36P4. The summed E-state index contributed by atoms with van der Waals surface area (Å²) >= 11 is 0. The van der Waals surface area contributed by atoms with Gasteiger partial charge in [-0.1, -0.05) is 72.8 Å². The van der Waals surface area contributed by atoms with E-state index in [4.69, 9.17) is 81.5 Å². The van der Waals surface area contributed by atoms with Crippen molar-refractivity contribution in [1.82, 2.24) is 38.2 Å². The van der Waals surface area contributed by atoms with Crippen molar-refractivity contribution < 1.29 is 157 Å². The van der Waals surface area contributed by atoms with E-state index in [1.807, 2.05) is 4.98 Å². The topological polar surface area (TPSA) is 585 Å². The first-order chi connectivity index (χ1) is 60.7. The summed E-state index contributed by atoms with van der Waals surface area (Å²) in [6.07, 6.45) is -17.1. The maximum absolute atomic E-state index is 15.7. The normalized spacial score (nSPS) is 32.0. The number of benzene rings is 4. The molecule has 44 nitrogen and oxygen atoms in total. The van der Waals surface area contributed by atoms with Crippen LogP contribution in [-0.4, -0.2) is 158 Å². The standard InChI is InChI=1S/4C18H18FN2O9P/c4*1-10-3-2-4-11-8-27-31(26,30-14(10)11)28-9-18(19)5-13(23)16(29-18)21-6-12(7-22)15(24)20-17(21)25/h4*2-4,6-7,13,16,23H,5,8-9H2,1H3,(H,20,24,25)/t4*13-,16-,18+,31?/m1111/s1/i9D2,16D;16D;9D2;. The fourth-order valence-electron chi connectivity index (χ4n) is 12.8. The number of fused-ring (bicyclic) bond motifs is 4. The molecule has 16 rings (SSSR count). The number of hydrogen-bond acceptors (Lipinski definition) is 36. The number of carbonyl (C=O) groups is 4. The molecule has 8 aliphatic heterocycles. The van der Waals surface area contributed by atoms with Crippen LogP contribution in [0.3, 0.4) is 0 Å². The second kappa shape index (κ2) is 35.8. The maximum atomic E-state index is 15.7. The minimum Gasteiger partial charge on any atom is -0.403 e. The van der Waals surface area contributed by atoms with Gasteiger partial charge in [-0.15, -0.1) is 0 Å². The number of hydrogen-bond donors (Lipinski definition) is 8. The van der Waals surface area contributed by atoms with E-state index in [-0.39, 0.29) is 73.4 Å². The lowest BCUT2D eigenvalue weighted by Gasteiger charge is -2.28. The van der Waals surface area contributed by atoms with Crippen molar-refractivity contribution >= 4 is 56.4 Å². The number of ether oxygens (including phenoxy) is 4. The van der Waals surface area contributed by atoms with E-state index in [1.54, 1.807) is 115 Å². The molecule has 0 amide bonds. The SMILES string of the molecule is Cc1cccc2c1OP(=O)(OC[C@]1(F)C[C@@H](O)[C@H](n3cc(C=O)c(=O)[nH]c3=O)O1)OC2.[2H]C([2H])(OP1(=O)OCc2cccc(C)c2O1)[C@]1(F)C[C@@H](O)[C@H](n2cc(C=O)c(=O)[nH]c2=O)O1.[2H]C([2H])(OP1(=O)OCc2cccc(C)c2O1)[C@]1(F)C[C@@H](O)[C@]([2H])(n2cc(C=O)c(=O)[nH]c2=O)O1.[2H][C@@]1(n2cc(C=O)c(=O)[nH]c2=O)O[C@](F)(COP2(=O)OCc3cccc(C)c3O2)C[C@H]1O. The Kier molecular flexibility index (Phi) is 24.0. The molecule has 4 aromatic heterocycles. The monoisotopic (exact) mass is 1830 g/mol. The molecule has 8 N–H and O–H groups in total. The third-order valence-electron chi connectivity index (χ3n) is 18.8. The summed E-state index contributed by atoms with van der Waals surface area (Å²) in [6.45, 7) is -3.12. The molecule has 4 unspecified atom stereocenters. The largest absolute Gasteiger partial charge is 0.530 e. The summed E-state index contributed by atoms with van der Waals surface area (Å²) < 4.78 is 245. The summed E-state index contributed by atoms with van der Waals surface area (Å²) in [6, 6.07) is 20.3. The average Bonchev–Trinajstić information content (AvgIpc) is 1.56. The molecular weight excluding hydrogens is 1750 g/mol. The van der Waals surface area contributed by atoms with E-state index in [9.17, 15) is 96.2 Å². The predicted octanol–water partition coefficient (Wildman–Crippen LogP) is 5.35. The Labute approximate surface area is 698 Å². The van der Waals surface area contributed by atoms with Gasteiger partial charge in [-0.05, 0) is 49.9 Å². The molecule has 16 atom stereocenters. The fourth-order valence-corrected chi connectivity index (χ4v) is 17.7. The van der Waals surface area contributed by atoms with Crippen molar-refractivity contribution in [3.63, 3.8) is 0 Å².